The van der Waals surface area contributed by atoms with Crippen LogP contribution in [0.15, 0.2) is 29.3 Å². The maximum absolute atomic E-state index is 11.6. The zero-order valence-electron chi connectivity index (χ0n) is 17.7. The summed E-state index contributed by atoms with van der Waals surface area (Å²) in [5, 5.41) is 9.47. The number of para-hydroxylation sites is 1. The fourth-order valence-electron chi connectivity index (χ4n) is 3.05. The number of amides is 1. The van der Waals surface area contributed by atoms with E-state index in [4.69, 9.17) is 9.47 Å². The standard InChI is InChI=1S/C21H34N4O3/c1-20(2,3)28-19(26)24-14-8-13-23-18(22-4)25-15-21(11-12-21)16-9-6-7-10-17(16)27-5/h6-7,9-10H,8,11-15H2,1-5H3,(H,24,26)(H2,22,23,25). The molecule has 0 aliphatic heterocycles. The van der Waals surface area contributed by atoms with Gasteiger partial charge < -0.3 is 25.4 Å². The lowest BCUT2D eigenvalue weighted by atomic mass is 9.95. The van der Waals surface area contributed by atoms with Crippen LogP contribution in [-0.2, 0) is 10.2 Å². The molecule has 1 aromatic rings. The van der Waals surface area contributed by atoms with Crippen molar-refractivity contribution < 1.29 is 14.3 Å². The van der Waals surface area contributed by atoms with E-state index >= 15 is 0 Å². The number of carbonyl (C=O) groups excluding carboxylic acids is 1. The van der Waals surface area contributed by atoms with Gasteiger partial charge in [-0.05, 0) is 46.1 Å². The van der Waals surface area contributed by atoms with Gasteiger partial charge in [0, 0.05) is 37.7 Å². The molecule has 28 heavy (non-hydrogen) atoms. The Hall–Kier alpha value is -2.44. The van der Waals surface area contributed by atoms with Crippen molar-refractivity contribution in [2.45, 2.75) is 51.0 Å². The molecule has 1 aliphatic carbocycles. The molecule has 0 atom stereocenters. The molecule has 1 aromatic carbocycles. The number of aliphatic imine (C=N–C) groups is 1. The monoisotopic (exact) mass is 390 g/mol. The average molecular weight is 391 g/mol. The van der Waals surface area contributed by atoms with Crippen molar-refractivity contribution in [3.8, 4) is 5.75 Å². The van der Waals surface area contributed by atoms with Crippen LogP contribution in [0.5, 0.6) is 5.75 Å². The Morgan fingerprint density at radius 3 is 2.43 bits per heavy atom. The van der Waals surface area contributed by atoms with Gasteiger partial charge in [0.05, 0.1) is 7.11 Å². The number of ether oxygens (including phenoxy) is 2. The van der Waals surface area contributed by atoms with Gasteiger partial charge >= 0.3 is 6.09 Å². The predicted molar refractivity (Wildman–Crippen MR) is 112 cm³/mol. The number of nitrogens with zero attached hydrogens (tertiary/aromatic N) is 1. The lowest BCUT2D eigenvalue weighted by Gasteiger charge is -2.21. The molecule has 7 nitrogen and oxygen atoms in total. The largest absolute Gasteiger partial charge is 0.496 e. The minimum Gasteiger partial charge on any atom is -0.496 e. The number of methoxy groups -OCH3 is 1. The lowest BCUT2D eigenvalue weighted by Crippen LogP contribution is -2.42. The normalized spacial score (nSPS) is 15.5. The van der Waals surface area contributed by atoms with Crippen LogP contribution in [0.3, 0.4) is 0 Å². The summed E-state index contributed by atoms with van der Waals surface area (Å²) in [6.45, 7) is 7.61. The first-order valence-electron chi connectivity index (χ1n) is 9.84. The van der Waals surface area contributed by atoms with Gasteiger partial charge in [-0.3, -0.25) is 4.99 Å². The van der Waals surface area contributed by atoms with E-state index < -0.39 is 5.60 Å². The zero-order chi connectivity index (χ0) is 20.6. The molecule has 156 valence electrons. The third-order valence-electron chi connectivity index (χ3n) is 4.66. The predicted octanol–water partition coefficient (Wildman–Crippen LogP) is 2.81. The molecule has 2 rings (SSSR count). The Kier molecular flexibility index (Phi) is 7.54. The zero-order valence-corrected chi connectivity index (χ0v) is 17.7. The second kappa shape index (κ2) is 9.66. The number of guanidine groups is 1. The molecule has 1 aliphatic rings. The number of rotatable bonds is 8. The highest BCUT2D eigenvalue weighted by Crippen LogP contribution is 2.50. The number of hydrogen-bond acceptors (Lipinski definition) is 4. The Labute approximate surface area is 168 Å². The van der Waals surface area contributed by atoms with Crippen molar-refractivity contribution in [3.05, 3.63) is 29.8 Å². The fourth-order valence-corrected chi connectivity index (χ4v) is 3.05. The van der Waals surface area contributed by atoms with Gasteiger partial charge in [-0.25, -0.2) is 4.79 Å². The van der Waals surface area contributed by atoms with Crippen LogP contribution in [0, 0.1) is 0 Å². The van der Waals surface area contributed by atoms with Crippen molar-refractivity contribution in [1.82, 2.24) is 16.0 Å². The van der Waals surface area contributed by atoms with Crippen molar-refractivity contribution in [3.63, 3.8) is 0 Å². The minimum absolute atomic E-state index is 0.114. The van der Waals surface area contributed by atoms with Gasteiger partial charge in [0.15, 0.2) is 5.96 Å². The Balaban J connectivity index is 1.72. The molecule has 0 radical (unpaired) electrons. The highest BCUT2D eigenvalue weighted by atomic mass is 16.6. The molecule has 0 spiro atoms. The number of hydrogen-bond donors (Lipinski definition) is 3. The van der Waals surface area contributed by atoms with Crippen LogP contribution >= 0.6 is 0 Å². The summed E-state index contributed by atoms with van der Waals surface area (Å²) in [6.07, 6.45) is 2.66. The summed E-state index contributed by atoms with van der Waals surface area (Å²) < 4.78 is 10.7. The number of carbonyl (C=O) groups is 1. The summed E-state index contributed by atoms with van der Waals surface area (Å²) in [6, 6.07) is 8.21. The van der Waals surface area contributed by atoms with E-state index in [0.717, 1.165) is 37.5 Å². The van der Waals surface area contributed by atoms with Gasteiger partial charge in [0.1, 0.15) is 11.4 Å². The number of nitrogens with one attached hydrogen (secondary N) is 3. The fraction of sp³-hybridized carbons (Fsp3) is 0.619. The third-order valence-corrected chi connectivity index (χ3v) is 4.66. The van der Waals surface area contributed by atoms with Crippen molar-refractivity contribution in [2.75, 3.05) is 33.8 Å². The SMILES string of the molecule is CN=C(NCCCNC(=O)OC(C)(C)C)NCC1(c2ccccc2OC)CC1. The van der Waals surface area contributed by atoms with E-state index in [0.29, 0.717) is 13.1 Å². The van der Waals surface area contributed by atoms with Gasteiger partial charge in [-0.2, -0.15) is 0 Å². The lowest BCUT2D eigenvalue weighted by molar-refractivity contribution is 0.0527. The van der Waals surface area contributed by atoms with Crippen LogP contribution in [0.1, 0.15) is 45.6 Å². The van der Waals surface area contributed by atoms with E-state index in [2.05, 4.69) is 33.1 Å². The summed E-state index contributed by atoms with van der Waals surface area (Å²) in [5.74, 6) is 1.71. The Morgan fingerprint density at radius 1 is 1.14 bits per heavy atom. The molecule has 1 amide bonds. The highest BCUT2D eigenvalue weighted by molar-refractivity contribution is 5.79. The quantitative estimate of drug-likeness (QED) is 0.361. The first-order valence-corrected chi connectivity index (χ1v) is 9.84. The maximum atomic E-state index is 11.6. The molecule has 0 aromatic heterocycles. The van der Waals surface area contributed by atoms with E-state index in [-0.39, 0.29) is 11.5 Å². The second-order valence-corrected chi connectivity index (χ2v) is 8.12. The van der Waals surface area contributed by atoms with E-state index in [1.807, 2.05) is 32.9 Å². The molecule has 7 heteroatoms. The van der Waals surface area contributed by atoms with Crippen molar-refractivity contribution >= 4 is 12.1 Å². The smallest absolute Gasteiger partial charge is 0.407 e. The van der Waals surface area contributed by atoms with E-state index in [9.17, 15) is 4.79 Å². The Morgan fingerprint density at radius 2 is 1.82 bits per heavy atom. The van der Waals surface area contributed by atoms with Crippen LogP contribution < -0.4 is 20.7 Å². The third kappa shape index (κ3) is 6.62. The van der Waals surface area contributed by atoms with E-state index in [1.54, 1.807) is 14.2 Å². The molecule has 0 bridgehead atoms. The van der Waals surface area contributed by atoms with Crippen molar-refractivity contribution in [1.29, 1.82) is 0 Å². The summed E-state index contributed by atoms with van der Waals surface area (Å²) >= 11 is 0. The topological polar surface area (TPSA) is 84.0 Å². The van der Waals surface area contributed by atoms with Gasteiger partial charge in [0.25, 0.3) is 0 Å². The van der Waals surface area contributed by atoms with Crippen LogP contribution in [0.4, 0.5) is 4.79 Å². The molecule has 0 heterocycles. The van der Waals surface area contributed by atoms with Crippen LogP contribution in [-0.4, -0.2) is 51.4 Å². The molecule has 1 fully saturated rings. The van der Waals surface area contributed by atoms with Gasteiger partial charge in [-0.1, -0.05) is 18.2 Å². The highest BCUT2D eigenvalue weighted by Gasteiger charge is 2.46. The second-order valence-electron chi connectivity index (χ2n) is 8.12. The first kappa shape index (κ1) is 21.9. The van der Waals surface area contributed by atoms with Crippen LogP contribution in [0.2, 0.25) is 0 Å². The number of alkyl carbamates (subject to hydrolysis) is 1. The van der Waals surface area contributed by atoms with Crippen LogP contribution in [0.25, 0.3) is 0 Å². The molecule has 0 unspecified atom stereocenters. The number of benzene rings is 1. The Bertz CT molecular complexity index is 678. The van der Waals surface area contributed by atoms with Gasteiger partial charge in [0.2, 0.25) is 0 Å². The van der Waals surface area contributed by atoms with Gasteiger partial charge in [-0.15, -0.1) is 0 Å². The molecular weight excluding hydrogens is 356 g/mol. The summed E-state index contributed by atoms with van der Waals surface area (Å²) in [4.78, 5) is 15.9. The molecule has 3 N–H and O–H groups in total. The molecule has 0 saturated heterocycles. The minimum atomic E-state index is -0.478. The van der Waals surface area contributed by atoms with E-state index in [1.165, 1.54) is 5.56 Å². The molecular formula is C21H34N4O3. The summed E-state index contributed by atoms with van der Waals surface area (Å²) in [7, 11) is 3.48. The molecule has 1 saturated carbocycles. The first-order chi connectivity index (χ1) is 13.3. The average Bonchev–Trinajstić information content (AvgIpc) is 3.43. The van der Waals surface area contributed by atoms with Crippen molar-refractivity contribution in [2.24, 2.45) is 4.99 Å². The maximum Gasteiger partial charge on any atom is 0.407 e. The summed E-state index contributed by atoms with van der Waals surface area (Å²) in [5.41, 5.74) is 0.888.